The van der Waals surface area contributed by atoms with Gasteiger partial charge >= 0.3 is 0 Å². The summed E-state index contributed by atoms with van der Waals surface area (Å²) in [4.78, 5) is 22.5. The Morgan fingerprint density at radius 1 is 1.40 bits per heavy atom. The maximum absolute atomic E-state index is 12.2. The number of nitro benzene ring substituents is 1. The van der Waals surface area contributed by atoms with Gasteiger partial charge in [0.25, 0.3) is 11.6 Å². The van der Waals surface area contributed by atoms with Gasteiger partial charge in [-0.05, 0) is 38.9 Å². The minimum atomic E-state index is -0.561. The molecule has 1 fully saturated rings. The Bertz CT molecular complexity index is 542. The molecule has 0 unspecified atom stereocenters. The summed E-state index contributed by atoms with van der Waals surface area (Å²) in [6.45, 7) is 3.66. The maximum Gasteiger partial charge on any atom is 0.271 e. The zero-order valence-corrected chi connectivity index (χ0v) is 11.9. The van der Waals surface area contributed by atoms with Crippen LogP contribution in [0, 0.1) is 10.1 Å². The van der Waals surface area contributed by atoms with E-state index in [0.29, 0.717) is 0 Å². The van der Waals surface area contributed by atoms with Gasteiger partial charge in [-0.2, -0.15) is 0 Å². The van der Waals surface area contributed by atoms with E-state index in [1.165, 1.54) is 18.2 Å². The number of nitrogens with one attached hydrogen (secondary N) is 2. The molecule has 2 rings (SSSR count). The summed E-state index contributed by atoms with van der Waals surface area (Å²) in [5.74, 6) is -0.333. The van der Waals surface area contributed by atoms with Crippen molar-refractivity contribution in [2.24, 2.45) is 0 Å². The second-order valence-electron chi connectivity index (χ2n) is 5.22. The molecule has 20 heavy (non-hydrogen) atoms. The van der Waals surface area contributed by atoms with E-state index in [4.69, 9.17) is 11.6 Å². The molecular formula is C13H16ClN3O3. The molecule has 1 amide bonds. The second kappa shape index (κ2) is 5.76. The number of halogens is 1. The number of benzene rings is 1. The van der Waals surface area contributed by atoms with E-state index in [1.54, 1.807) is 0 Å². The van der Waals surface area contributed by atoms with Crippen LogP contribution in [0.2, 0.25) is 5.02 Å². The Balaban J connectivity index is 2.18. The molecule has 0 bridgehead atoms. The molecule has 0 saturated carbocycles. The number of nitro groups is 1. The minimum absolute atomic E-state index is 0.180. The van der Waals surface area contributed by atoms with Crippen molar-refractivity contribution < 1.29 is 9.72 Å². The Morgan fingerprint density at radius 3 is 2.65 bits per heavy atom. The standard InChI is InChI=1S/C13H16ClN3O3/c1-13(2-4-15-5-3-13)16-12(18)9-6-10(14)8-11(7-9)17(19)20/h6-8,15H,2-5H2,1H3,(H,16,18). The van der Waals surface area contributed by atoms with E-state index in [-0.39, 0.29) is 27.7 Å². The summed E-state index contributed by atoms with van der Waals surface area (Å²) in [6.07, 6.45) is 1.64. The van der Waals surface area contributed by atoms with Crippen LogP contribution in [0.3, 0.4) is 0 Å². The molecule has 1 saturated heterocycles. The fourth-order valence-electron chi connectivity index (χ4n) is 2.26. The Morgan fingerprint density at radius 2 is 2.05 bits per heavy atom. The first-order valence-corrected chi connectivity index (χ1v) is 6.76. The van der Waals surface area contributed by atoms with E-state index in [0.717, 1.165) is 25.9 Å². The number of non-ortho nitro benzene ring substituents is 1. The summed E-state index contributed by atoms with van der Waals surface area (Å²) in [6, 6.07) is 3.91. The number of nitrogens with zero attached hydrogens (tertiary/aromatic N) is 1. The topological polar surface area (TPSA) is 84.3 Å². The summed E-state index contributed by atoms with van der Waals surface area (Å²) in [5, 5.41) is 17.1. The number of hydrogen-bond donors (Lipinski definition) is 2. The van der Waals surface area contributed by atoms with Crippen LogP contribution in [0.1, 0.15) is 30.1 Å². The predicted octanol–water partition coefficient (Wildman–Crippen LogP) is 2.12. The van der Waals surface area contributed by atoms with E-state index >= 15 is 0 Å². The van der Waals surface area contributed by atoms with Gasteiger partial charge in [0.1, 0.15) is 0 Å². The molecule has 108 valence electrons. The number of hydrogen-bond acceptors (Lipinski definition) is 4. The van der Waals surface area contributed by atoms with Gasteiger partial charge in [0.05, 0.1) is 4.92 Å². The van der Waals surface area contributed by atoms with Crippen molar-refractivity contribution in [2.45, 2.75) is 25.3 Å². The Kier molecular flexibility index (Phi) is 4.25. The fourth-order valence-corrected chi connectivity index (χ4v) is 2.49. The largest absolute Gasteiger partial charge is 0.347 e. The molecule has 0 aromatic heterocycles. The molecule has 7 heteroatoms. The Hall–Kier alpha value is -1.66. The first-order valence-electron chi connectivity index (χ1n) is 6.38. The predicted molar refractivity (Wildman–Crippen MR) is 76.1 cm³/mol. The highest BCUT2D eigenvalue weighted by Gasteiger charge is 2.29. The van der Waals surface area contributed by atoms with Crippen molar-refractivity contribution in [3.63, 3.8) is 0 Å². The SMILES string of the molecule is CC1(NC(=O)c2cc(Cl)cc([N+](=O)[O-])c2)CCNCC1. The van der Waals surface area contributed by atoms with Gasteiger partial charge in [0, 0.05) is 28.3 Å². The van der Waals surface area contributed by atoms with Crippen LogP contribution in [0.15, 0.2) is 18.2 Å². The zero-order valence-electron chi connectivity index (χ0n) is 11.1. The number of carbonyl (C=O) groups excluding carboxylic acids is 1. The molecule has 0 radical (unpaired) electrons. The summed E-state index contributed by atoms with van der Waals surface area (Å²) in [7, 11) is 0. The molecule has 1 heterocycles. The average molecular weight is 298 g/mol. The fraction of sp³-hybridized carbons (Fsp3) is 0.462. The highest BCUT2D eigenvalue weighted by Crippen LogP contribution is 2.23. The van der Waals surface area contributed by atoms with Crippen LogP contribution in [0.4, 0.5) is 5.69 Å². The molecule has 1 aromatic rings. The number of rotatable bonds is 3. The normalized spacial score (nSPS) is 17.5. The third kappa shape index (κ3) is 3.46. The van der Waals surface area contributed by atoms with Gasteiger partial charge in [-0.15, -0.1) is 0 Å². The van der Waals surface area contributed by atoms with Gasteiger partial charge in [-0.3, -0.25) is 14.9 Å². The minimum Gasteiger partial charge on any atom is -0.347 e. The quantitative estimate of drug-likeness (QED) is 0.661. The van der Waals surface area contributed by atoms with E-state index in [1.807, 2.05) is 6.92 Å². The van der Waals surface area contributed by atoms with E-state index in [9.17, 15) is 14.9 Å². The number of amides is 1. The van der Waals surface area contributed by atoms with Crippen LogP contribution in [0.25, 0.3) is 0 Å². The van der Waals surface area contributed by atoms with Gasteiger partial charge in [-0.1, -0.05) is 11.6 Å². The lowest BCUT2D eigenvalue weighted by atomic mass is 9.90. The molecule has 0 atom stereocenters. The molecule has 1 aliphatic heterocycles. The second-order valence-corrected chi connectivity index (χ2v) is 5.66. The summed E-state index contributed by atoms with van der Waals surface area (Å²) >= 11 is 5.82. The Labute approximate surface area is 121 Å². The van der Waals surface area contributed by atoms with E-state index in [2.05, 4.69) is 10.6 Å². The molecule has 0 spiro atoms. The van der Waals surface area contributed by atoms with Gasteiger partial charge < -0.3 is 10.6 Å². The molecule has 1 aromatic carbocycles. The lowest BCUT2D eigenvalue weighted by molar-refractivity contribution is -0.384. The van der Waals surface area contributed by atoms with Gasteiger partial charge in [0.2, 0.25) is 0 Å². The van der Waals surface area contributed by atoms with Crippen LogP contribution in [-0.4, -0.2) is 29.5 Å². The first kappa shape index (κ1) is 14.7. The molecule has 6 nitrogen and oxygen atoms in total. The van der Waals surface area contributed by atoms with Crippen molar-refractivity contribution in [2.75, 3.05) is 13.1 Å². The smallest absolute Gasteiger partial charge is 0.271 e. The van der Waals surface area contributed by atoms with Gasteiger partial charge in [-0.25, -0.2) is 0 Å². The lowest BCUT2D eigenvalue weighted by Gasteiger charge is -2.35. The maximum atomic E-state index is 12.2. The first-order chi connectivity index (χ1) is 9.39. The molecule has 2 N–H and O–H groups in total. The van der Waals surface area contributed by atoms with Crippen molar-refractivity contribution in [3.8, 4) is 0 Å². The van der Waals surface area contributed by atoms with Crippen LogP contribution in [0.5, 0.6) is 0 Å². The monoisotopic (exact) mass is 297 g/mol. The van der Waals surface area contributed by atoms with Crippen molar-refractivity contribution in [1.29, 1.82) is 0 Å². The highest BCUT2D eigenvalue weighted by atomic mass is 35.5. The summed E-state index contributed by atoms with van der Waals surface area (Å²) < 4.78 is 0. The molecular weight excluding hydrogens is 282 g/mol. The van der Waals surface area contributed by atoms with Crippen LogP contribution in [-0.2, 0) is 0 Å². The van der Waals surface area contributed by atoms with Crippen LogP contribution >= 0.6 is 11.6 Å². The van der Waals surface area contributed by atoms with Crippen LogP contribution < -0.4 is 10.6 Å². The van der Waals surface area contributed by atoms with Crippen molar-refractivity contribution in [3.05, 3.63) is 38.9 Å². The van der Waals surface area contributed by atoms with Crippen molar-refractivity contribution >= 4 is 23.2 Å². The summed E-state index contributed by atoms with van der Waals surface area (Å²) in [5.41, 5.74) is -0.263. The zero-order chi connectivity index (χ0) is 14.8. The van der Waals surface area contributed by atoms with Crippen molar-refractivity contribution in [1.82, 2.24) is 10.6 Å². The van der Waals surface area contributed by atoms with Gasteiger partial charge in [0.15, 0.2) is 0 Å². The lowest BCUT2D eigenvalue weighted by Crippen LogP contribution is -2.52. The van der Waals surface area contributed by atoms with E-state index < -0.39 is 4.92 Å². The molecule has 0 aliphatic carbocycles. The third-order valence-corrected chi connectivity index (χ3v) is 3.70. The number of piperidine rings is 1. The molecule has 1 aliphatic rings. The number of carbonyl (C=O) groups is 1. The highest BCUT2D eigenvalue weighted by molar-refractivity contribution is 6.31. The average Bonchev–Trinajstić information content (AvgIpc) is 2.38. The third-order valence-electron chi connectivity index (χ3n) is 3.48.